The first-order chi connectivity index (χ1) is 14.8. The second-order valence-corrected chi connectivity index (χ2v) is 8.14. The molecule has 10 nitrogen and oxygen atoms in total. The number of hydrogen-bond donors (Lipinski definition) is 2. The van der Waals surface area contributed by atoms with Crippen LogP contribution in [-0.2, 0) is 19.1 Å². The molecule has 0 aromatic heterocycles. The average molecular weight is 428 g/mol. The Hall–Kier alpha value is -3.27. The quantitative estimate of drug-likeness (QED) is 0.497. The number of benzene rings is 1. The predicted molar refractivity (Wildman–Crippen MR) is 108 cm³/mol. The predicted octanol–water partition coefficient (Wildman–Crippen LogP) is -0.194. The summed E-state index contributed by atoms with van der Waals surface area (Å²) in [7, 11) is 1.35. The van der Waals surface area contributed by atoms with E-state index in [2.05, 4.69) is 5.32 Å². The van der Waals surface area contributed by atoms with E-state index < -0.39 is 35.1 Å². The maximum absolute atomic E-state index is 13.0. The molecule has 0 spiro atoms. The van der Waals surface area contributed by atoms with Crippen molar-refractivity contribution in [1.82, 2.24) is 10.2 Å². The number of hydrogen-bond acceptors (Lipinski definition) is 8. The van der Waals surface area contributed by atoms with Crippen LogP contribution < -0.4 is 16.0 Å². The van der Waals surface area contributed by atoms with Gasteiger partial charge >= 0.3 is 5.97 Å². The molecular weight excluding hydrogens is 404 g/mol. The highest BCUT2D eigenvalue weighted by Gasteiger charge is 2.45. The van der Waals surface area contributed by atoms with Gasteiger partial charge in [0, 0.05) is 31.7 Å². The Labute approximate surface area is 178 Å². The summed E-state index contributed by atoms with van der Waals surface area (Å²) in [6, 6.07) is 4.00. The molecular formula is C21H24N4O6. The molecule has 0 saturated carbocycles. The van der Waals surface area contributed by atoms with Crippen LogP contribution in [0, 0.1) is 5.41 Å². The molecule has 164 valence electrons. The van der Waals surface area contributed by atoms with Gasteiger partial charge in [-0.05, 0) is 37.5 Å². The first kappa shape index (κ1) is 21.0. The number of fused-ring (bicyclic) bond motifs is 1. The molecule has 3 N–H and O–H groups in total. The zero-order chi connectivity index (χ0) is 22.3. The van der Waals surface area contributed by atoms with Crippen LogP contribution in [0.3, 0.4) is 0 Å². The van der Waals surface area contributed by atoms with Gasteiger partial charge in [0.25, 0.3) is 11.8 Å². The summed E-state index contributed by atoms with van der Waals surface area (Å²) in [5.74, 6) is -2.44. The lowest BCUT2D eigenvalue weighted by Crippen LogP contribution is -2.54. The highest BCUT2D eigenvalue weighted by atomic mass is 16.5. The fourth-order valence-electron chi connectivity index (χ4n) is 4.56. The monoisotopic (exact) mass is 428 g/mol. The number of nitrogens with zero attached hydrogens (tertiary/aromatic N) is 2. The second-order valence-electron chi connectivity index (χ2n) is 8.14. The van der Waals surface area contributed by atoms with Crippen molar-refractivity contribution in [2.45, 2.75) is 31.7 Å². The van der Waals surface area contributed by atoms with E-state index in [-0.39, 0.29) is 36.5 Å². The van der Waals surface area contributed by atoms with Gasteiger partial charge in [0.05, 0.1) is 23.7 Å². The maximum atomic E-state index is 13.0. The van der Waals surface area contributed by atoms with Crippen molar-refractivity contribution in [3.63, 3.8) is 0 Å². The van der Waals surface area contributed by atoms with Crippen LogP contribution in [-0.4, -0.2) is 67.3 Å². The molecule has 2 fully saturated rings. The van der Waals surface area contributed by atoms with Crippen LogP contribution in [0.1, 0.15) is 46.4 Å². The third kappa shape index (κ3) is 3.36. The van der Waals surface area contributed by atoms with Crippen molar-refractivity contribution in [3.05, 3.63) is 29.3 Å². The summed E-state index contributed by atoms with van der Waals surface area (Å²) in [4.78, 5) is 64.5. The van der Waals surface area contributed by atoms with Crippen LogP contribution in [0.25, 0.3) is 0 Å². The molecule has 3 heterocycles. The first-order valence-corrected chi connectivity index (χ1v) is 10.2. The summed E-state index contributed by atoms with van der Waals surface area (Å²) in [6.07, 6.45) is 1.22. The molecule has 31 heavy (non-hydrogen) atoms. The van der Waals surface area contributed by atoms with Crippen molar-refractivity contribution >= 4 is 35.3 Å². The van der Waals surface area contributed by atoms with E-state index in [1.54, 1.807) is 18.2 Å². The summed E-state index contributed by atoms with van der Waals surface area (Å²) >= 11 is 0. The molecule has 4 rings (SSSR count). The minimum Gasteiger partial charge on any atom is -0.469 e. The normalized spacial score (nSPS) is 23.0. The van der Waals surface area contributed by atoms with Crippen molar-refractivity contribution in [2.24, 2.45) is 11.1 Å². The van der Waals surface area contributed by atoms with E-state index >= 15 is 0 Å². The smallest absolute Gasteiger partial charge is 0.313 e. The van der Waals surface area contributed by atoms with Gasteiger partial charge in [0.2, 0.25) is 11.8 Å². The SMILES string of the molecule is COC(=O)C1(CN)CCN(c2ccc3c(c2)C(=O)N(C2CCC(=O)NC2=O)C3=O)CC1. The molecule has 1 unspecified atom stereocenters. The van der Waals surface area contributed by atoms with E-state index in [0.29, 0.717) is 25.9 Å². The number of piperidine rings is 2. The number of amides is 4. The van der Waals surface area contributed by atoms with E-state index in [1.165, 1.54) is 7.11 Å². The van der Waals surface area contributed by atoms with Crippen LogP contribution >= 0.6 is 0 Å². The second kappa shape index (κ2) is 7.77. The van der Waals surface area contributed by atoms with Crippen molar-refractivity contribution < 1.29 is 28.7 Å². The molecule has 1 aromatic rings. The highest BCUT2D eigenvalue weighted by molar-refractivity contribution is 6.23. The molecule has 1 aromatic carbocycles. The maximum Gasteiger partial charge on any atom is 0.313 e. The van der Waals surface area contributed by atoms with Crippen molar-refractivity contribution in [3.8, 4) is 0 Å². The Morgan fingerprint density at radius 2 is 1.84 bits per heavy atom. The lowest BCUT2D eigenvalue weighted by molar-refractivity contribution is -0.153. The number of carbonyl (C=O) groups is 5. The number of imide groups is 2. The molecule has 0 aliphatic carbocycles. The Morgan fingerprint density at radius 3 is 2.45 bits per heavy atom. The van der Waals surface area contributed by atoms with E-state index in [4.69, 9.17) is 10.5 Å². The minimum atomic E-state index is -0.992. The van der Waals surface area contributed by atoms with Crippen LogP contribution in [0.5, 0.6) is 0 Å². The third-order valence-electron chi connectivity index (χ3n) is 6.52. The van der Waals surface area contributed by atoms with Gasteiger partial charge in [-0.1, -0.05) is 0 Å². The van der Waals surface area contributed by atoms with E-state index in [0.717, 1.165) is 10.6 Å². The van der Waals surface area contributed by atoms with Crippen LogP contribution in [0.4, 0.5) is 5.69 Å². The van der Waals surface area contributed by atoms with Crippen molar-refractivity contribution in [2.75, 3.05) is 31.6 Å². The number of esters is 1. The number of methoxy groups -OCH3 is 1. The Morgan fingerprint density at radius 1 is 1.16 bits per heavy atom. The largest absolute Gasteiger partial charge is 0.469 e. The molecule has 0 radical (unpaired) electrons. The standard InChI is InChI=1S/C21H24N4O6/c1-31-20(30)21(11-22)6-8-24(9-7-21)12-2-3-13-14(10-12)19(29)25(18(13)28)15-4-5-16(26)23-17(15)27/h2-3,10,15H,4-9,11,22H2,1H3,(H,23,26,27). The fourth-order valence-corrected chi connectivity index (χ4v) is 4.56. The Kier molecular flexibility index (Phi) is 5.26. The number of rotatable bonds is 4. The van der Waals surface area contributed by atoms with Gasteiger partial charge in [-0.15, -0.1) is 0 Å². The minimum absolute atomic E-state index is 0.0753. The number of ether oxygens (including phenoxy) is 1. The highest BCUT2D eigenvalue weighted by Crippen LogP contribution is 2.36. The lowest BCUT2D eigenvalue weighted by Gasteiger charge is -2.40. The van der Waals surface area contributed by atoms with Gasteiger partial charge in [0.15, 0.2) is 0 Å². The van der Waals surface area contributed by atoms with Crippen LogP contribution in [0.2, 0.25) is 0 Å². The zero-order valence-electron chi connectivity index (χ0n) is 17.2. The van der Waals surface area contributed by atoms with Crippen molar-refractivity contribution in [1.29, 1.82) is 0 Å². The van der Waals surface area contributed by atoms with Crippen LogP contribution in [0.15, 0.2) is 18.2 Å². The summed E-state index contributed by atoms with van der Waals surface area (Å²) < 4.78 is 4.92. The molecule has 1 atom stereocenters. The molecule has 2 saturated heterocycles. The molecule has 3 aliphatic heterocycles. The average Bonchev–Trinajstić information content (AvgIpc) is 3.03. The lowest BCUT2D eigenvalue weighted by atomic mass is 9.78. The Balaban J connectivity index is 1.54. The number of nitrogens with one attached hydrogen (secondary N) is 1. The molecule has 10 heteroatoms. The zero-order valence-corrected chi connectivity index (χ0v) is 17.2. The Bertz CT molecular complexity index is 982. The van der Waals surface area contributed by atoms with Gasteiger partial charge in [-0.2, -0.15) is 0 Å². The van der Waals surface area contributed by atoms with E-state index in [9.17, 15) is 24.0 Å². The molecule has 3 aliphatic rings. The molecule has 4 amide bonds. The summed E-state index contributed by atoms with van der Waals surface area (Å²) in [5, 5.41) is 2.18. The van der Waals surface area contributed by atoms with Gasteiger partial charge in [0.1, 0.15) is 6.04 Å². The summed E-state index contributed by atoms with van der Waals surface area (Å²) in [5.41, 5.74) is 6.36. The number of anilines is 1. The number of nitrogens with two attached hydrogens (primary N) is 1. The van der Waals surface area contributed by atoms with Gasteiger partial charge < -0.3 is 15.4 Å². The number of carbonyl (C=O) groups excluding carboxylic acids is 5. The summed E-state index contributed by atoms with van der Waals surface area (Å²) in [6.45, 7) is 1.29. The third-order valence-corrected chi connectivity index (χ3v) is 6.52. The van der Waals surface area contributed by atoms with E-state index in [1.807, 2.05) is 4.90 Å². The first-order valence-electron chi connectivity index (χ1n) is 10.2. The topological polar surface area (TPSA) is 139 Å². The van der Waals surface area contributed by atoms with Gasteiger partial charge in [-0.3, -0.25) is 34.2 Å². The van der Waals surface area contributed by atoms with Gasteiger partial charge in [-0.25, -0.2) is 0 Å². The fraction of sp³-hybridized carbons (Fsp3) is 0.476. The molecule has 0 bridgehead atoms.